The predicted octanol–water partition coefficient (Wildman–Crippen LogP) is 2.18. The van der Waals surface area contributed by atoms with Crippen LogP contribution in [0.1, 0.15) is 38.1 Å². The average molecular weight is 281 g/mol. The van der Waals surface area contributed by atoms with E-state index in [1.54, 1.807) is 13.2 Å². The van der Waals surface area contributed by atoms with E-state index in [0.29, 0.717) is 11.7 Å². The molecule has 1 aromatic rings. The largest absolute Gasteiger partial charge is 0.481 e. The van der Waals surface area contributed by atoms with Crippen molar-refractivity contribution in [3.8, 4) is 5.88 Å². The van der Waals surface area contributed by atoms with Crippen LogP contribution in [0.4, 0.5) is 5.82 Å². The predicted molar refractivity (Wildman–Crippen MR) is 76.1 cm³/mol. The van der Waals surface area contributed by atoms with Crippen molar-refractivity contribution in [3.63, 3.8) is 0 Å². The Kier molecular flexibility index (Phi) is 6.01. The Morgan fingerprint density at radius 1 is 1.45 bits per heavy atom. The number of aromatic nitrogens is 2. The van der Waals surface area contributed by atoms with Crippen molar-refractivity contribution in [2.24, 2.45) is 0 Å². The van der Waals surface area contributed by atoms with Gasteiger partial charge in [0, 0.05) is 32.4 Å². The lowest BCUT2D eigenvalue weighted by Crippen LogP contribution is -2.10. The molecule has 1 unspecified atom stereocenters. The van der Waals surface area contributed by atoms with Crippen molar-refractivity contribution in [2.75, 3.05) is 38.8 Å². The molecule has 6 heteroatoms. The lowest BCUT2D eigenvalue weighted by Gasteiger charge is -2.12. The summed E-state index contributed by atoms with van der Waals surface area (Å²) in [6, 6.07) is 1.80. The number of nitrogens with one attached hydrogen (secondary N) is 1. The van der Waals surface area contributed by atoms with Gasteiger partial charge in [0.1, 0.15) is 11.9 Å². The average Bonchev–Trinajstić information content (AvgIpc) is 3.01. The molecule has 0 radical (unpaired) electrons. The standard InChI is InChI=1S/C14H23N3O3/c1-3-19-8-5-7-15-12-10-13(18-2)17-14(16-12)11-6-4-9-20-11/h10-11H,3-9H2,1-2H3,(H,15,16,17). The first-order chi connectivity index (χ1) is 9.83. The maximum Gasteiger partial charge on any atom is 0.218 e. The van der Waals surface area contributed by atoms with E-state index in [1.807, 2.05) is 6.92 Å². The monoisotopic (exact) mass is 281 g/mol. The summed E-state index contributed by atoms with van der Waals surface area (Å²) in [4.78, 5) is 8.88. The molecule has 0 aromatic carbocycles. The molecule has 6 nitrogen and oxygen atoms in total. The van der Waals surface area contributed by atoms with Crippen LogP contribution in [-0.2, 0) is 9.47 Å². The molecule has 1 N–H and O–H groups in total. The summed E-state index contributed by atoms with van der Waals surface area (Å²) in [5, 5.41) is 3.28. The fraction of sp³-hybridized carbons (Fsp3) is 0.714. The highest BCUT2D eigenvalue weighted by Crippen LogP contribution is 2.28. The molecule has 1 saturated heterocycles. The van der Waals surface area contributed by atoms with Gasteiger partial charge in [-0.3, -0.25) is 0 Å². The minimum atomic E-state index is -0.00549. The Hall–Kier alpha value is -1.40. The number of anilines is 1. The Balaban J connectivity index is 1.94. The Morgan fingerprint density at radius 2 is 2.35 bits per heavy atom. The first-order valence-corrected chi connectivity index (χ1v) is 7.19. The molecule has 1 aliphatic rings. The van der Waals surface area contributed by atoms with Crippen LogP contribution in [0, 0.1) is 0 Å². The summed E-state index contributed by atoms with van der Waals surface area (Å²) in [5.41, 5.74) is 0. The summed E-state index contributed by atoms with van der Waals surface area (Å²) in [6.07, 6.45) is 2.96. The van der Waals surface area contributed by atoms with Gasteiger partial charge in [-0.1, -0.05) is 0 Å². The number of nitrogens with zero attached hydrogens (tertiary/aromatic N) is 2. The van der Waals surface area contributed by atoms with E-state index in [1.165, 1.54) is 0 Å². The van der Waals surface area contributed by atoms with Crippen molar-refractivity contribution in [2.45, 2.75) is 32.3 Å². The molecular weight excluding hydrogens is 258 g/mol. The van der Waals surface area contributed by atoms with E-state index >= 15 is 0 Å². The van der Waals surface area contributed by atoms with Crippen LogP contribution in [0.2, 0.25) is 0 Å². The van der Waals surface area contributed by atoms with Gasteiger partial charge >= 0.3 is 0 Å². The maximum absolute atomic E-state index is 5.62. The van der Waals surface area contributed by atoms with Gasteiger partial charge < -0.3 is 19.5 Å². The summed E-state index contributed by atoms with van der Waals surface area (Å²) in [7, 11) is 1.61. The molecule has 0 saturated carbocycles. The second-order valence-electron chi connectivity index (χ2n) is 4.63. The number of methoxy groups -OCH3 is 1. The topological polar surface area (TPSA) is 65.5 Å². The second kappa shape index (κ2) is 8.01. The molecule has 0 aliphatic carbocycles. The molecule has 0 bridgehead atoms. The third kappa shape index (κ3) is 4.31. The van der Waals surface area contributed by atoms with Crippen molar-refractivity contribution in [1.82, 2.24) is 9.97 Å². The Bertz CT molecular complexity index is 409. The molecule has 2 heterocycles. The van der Waals surface area contributed by atoms with Crippen molar-refractivity contribution in [1.29, 1.82) is 0 Å². The third-order valence-electron chi connectivity index (χ3n) is 3.12. The highest BCUT2D eigenvalue weighted by molar-refractivity contribution is 5.38. The summed E-state index contributed by atoms with van der Waals surface area (Å²) in [5.74, 6) is 2.05. The summed E-state index contributed by atoms with van der Waals surface area (Å²) in [6.45, 7) is 5.10. The summed E-state index contributed by atoms with van der Waals surface area (Å²) >= 11 is 0. The van der Waals surface area contributed by atoms with Crippen molar-refractivity contribution < 1.29 is 14.2 Å². The first-order valence-electron chi connectivity index (χ1n) is 7.19. The Morgan fingerprint density at radius 3 is 3.05 bits per heavy atom. The first kappa shape index (κ1) is 15.0. The summed E-state index contributed by atoms with van der Waals surface area (Å²) < 4.78 is 16.2. The lowest BCUT2D eigenvalue weighted by molar-refractivity contribution is 0.104. The molecule has 1 atom stereocenters. The van der Waals surface area contributed by atoms with E-state index < -0.39 is 0 Å². The molecule has 1 fully saturated rings. The molecule has 0 amide bonds. The number of ether oxygens (including phenoxy) is 3. The van der Waals surface area contributed by atoms with Gasteiger partial charge in [0.25, 0.3) is 0 Å². The minimum absolute atomic E-state index is 0.00549. The van der Waals surface area contributed by atoms with Gasteiger partial charge in [-0.15, -0.1) is 0 Å². The SMILES string of the molecule is CCOCCCNc1cc(OC)nc(C2CCCO2)n1. The highest BCUT2D eigenvalue weighted by atomic mass is 16.5. The molecule has 1 aliphatic heterocycles. The van der Waals surface area contributed by atoms with Crippen molar-refractivity contribution >= 4 is 5.82 Å². The molecule has 2 rings (SSSR count). The van der Waals surface area contributed by atoms with Crippen molar-refractivity contribution in [3.05, 3.63) is 11.9 Å². The van der Waals surface area contributed by atoms with E-state index in [4.69, 9.17) is 14.2 Å². The van der Waals surface area contributed by atoms with Crippen LogP contribution in [0.3, 0.4) is 0 Å². The maximum atomic E-state index is 5.62. The molecule has 20 heavy (non-hydrogen) atoms. The highest BCUT2D eigenvalue weighted by Gasteiger charge is 2.21. The van der Waals surface area contributed by atoms with E-state index in [9.17, 15) is 0 Å². The van der Waals surface area contributed by atoms with Crippen LogP contribution in [0.5, 0.6) is 5.88 Å². The number of rotatable bonds is 8. The van der Waals surface area contributed by atoms with Crippen LogP contribution in [0.15, 0.2) is 6.07 Å². The van der Waals surface area contributed by atoms with E-state index in [-0.39, 0.29) is 6.10 Å². The number of hydrogen-bond donors (Lipinski definition) is 1. The molecule has 1 aromatic heterocycles. The lowest BCUT2D eigenvalue weighted by atomic mass is 10.2. The van der Waals surface area contributed by atoms with Gasteiger partial charge in [-0.2, -0.15) is 4.98 Å². The van der Waals surface area contributed by atoms with Gasteiger partial charge in [0.15, 0.2) is 5.82 Å². The van der Waals surface area contributed by atoms with Gasteiger partial charge in [-0.05, 0) is 26.2 Å². The fourth-order valence-electron chi connectivity index (χ4n) is 2.10. The zero-order valence-electron chi connectivity index (χ0n) is 12.2. The molecular formula is C14H23N3O3. The van der Waals surface area contributed by atoms with E-state index in [0.717, 1.165) is 51.4 Å². The van der Waals surface area contributed by atoms with Crippen LogP contribution in [-0.4, -0.2) is 43.4 Å². The van der Waals surface area contributed by atoms with Gasteiger partial charge in [-0.25, -0.2) is 4.98 Å². The normalized spacial score (nSPS) is 18.2. The fourth-order valence-corrected chi connectivity index (χ4v) is 2.10. The van der Waals surface area contributed by atoms with Crippen LogP contribution < -0.4 is 10.1 Å². The zero-order valence-corrected chi connectivity index (χ0v) is 12.2. The third-order valence-corrected chi connectivity index (χ3v) is 3.12. The van der Waals surface area contributed by atoms with Gasteiger partial charge in [0.2, 0.25) is 5.88 Å². The molecule has 0 spiro atoms. The quantitative estimate of drug-likeness (QED) is 0.737. The van der Waals surface area contributed by atoms with Gasteiger partial charge in [0.05, 0.1) is 7.11 Å². The number of hydrogen-bond acceptors (Lipinski definition) is 6. The molecule has 112 valence electrons. The van der Waals surface area contributed by atoms with Crippen LogP contribution >= 0.6 is 0 Å². The van der Waals surface area contributed by atoms with E-state index in [2.05, 4.69) is 15.3 Å². The smallest absolute Gasteiger partial charge is 0.218 e. The second-order valence-corrected chi connectivity index (χ2v) is 4.63. The minimum Gasteiger partial charge on any atom is -0.481 e. The zero-order chi connectivity index (χ0) is 14.2. The Labute approximate surface area is 119 Å². The van der Waals surface area contributed by atoms with Crippen LogP contribution in [0.25, 0.3) is 0 Å².